The number of hydrogen-bond acceptors (Lipinski definition) is 6. The average Bonchev–Trinajstić information content (AvgIpc) is 3.09. The SMILES string of the molecule is Cc1cccc(-n2nnc3c(=O)n(Cc4cccc([N+](=O)[O-])c4)cnc32)c1. The lowest BCUT2D eigenvalue weighted by molar-refractivity contribution is -0.384. The van der Waals surface area contributed by atoms with Crippen molar-refractivity contribution < 1.29 is 4.92 Å². The van der Waals surface area contributed by atoms with E-state index in [9.17, 15) is 14.9 Å². The third-order valence-corrected chi connectivity index (χ3v) is 4.15. The van der Waals surface area contributed by atoms with Gasteiger partial charge in [-0.25, -0.2) is 4.98 Å². The fraction of sp³-hybridized carbons (Fsp3) is 0.111. The minimum Gasteiger partial charge on any atom is -0.293 e. The fourth-order valence-corrected chi connectivity index (χ4v) is 2.86. The third kappa shape index (κ3) is 3.06. The highest BCUT2D eigenvalue weighted by Gasteiger charge is 2.14. The number of nitro benzene ring substituents is 1. The average molecular weight is 362 g/mol. The monoisotopic (exact) mass is 362 g/mol. The van der Waals surface area contributed by atoms with Crippen LogP contribution in [0, 0.1) is 17.0 Å². The molecule has 2 aromatic carbocycles. The zero-order valence-electron chi connectivity index (χ0n) is 14.3. The molecule has 0 saturated carbocycles. The van der Waals surface area contributed by atoms with Gasteiger partial charge in [0, 0.05) is 12.1 Å². The van der Waals surface area contributed by atoms with Gasteiger partial charge in [0.05, 0.1) is 17.2 Å². The number of nitrogens with zero attached hydrogens (tertiary/aromatic N) is 6. The zero-order valence-corrected chi connectivity index (χ0v) is 14.3. The molecule has 2 heterocycles. The van der Waals surface area contributed by atoms with Crippen molar-refractivity contribution in [3.05, 3.63) is 86.5 Å². The summed E-state index contributed by atoms with van der Waals surface area (Å²) in [6.45, 7) is 2.11. The van der Waals surface area contributed by atoms with E-state index in [2.05, 4.69) is 15.3 Å². The number of non-ortho nitro benzene ring substituents is 1. The summed E-state index contributed by atoms with van der Waals surface area (Å²) in [7, 11) is 0. The first-order valence-corrected chi connectivity index (χ1v) is 8.14. The summed E-state index contributed by atoms with van der Waals surface area (Å²) in [4.78, 5) is 27.5. The van der Waals surface area contributed by atoms with E-state index < -0.39 is 4.92 Å². The summed E-state index contributed by atoms with van der Waals surface area (Å²) in [6.07, 6.45) is 1.40. The Morgan fingerprint density at radius 2 is 1.96 bits per heavy atom. The minimum atomic E-state index is -0.471. The minimum absolute atomic E-state index is 0.0278. The van der Waals surface area contributed by atoms with E-state index in [1.807, 2.05) is 31.2 Å². The highest BCUT2D eigenvalue weighted by atomic mass is 16.6. The summed E-state index contributed by atoms with van der Waals surface area (Å²) in [6, 6.07) is 13.8. The molecular weight excluding hydrogens is 348 g/mol. The molecule has 9 nitrogen and oxygen atoms in total. The van der Waals surface area contributed by atoms with E-state index in [4.69, 9.17) is 0 Å². The molecule has 4 aromatic rings. The van der Waals surface area contributed by atoms with Crippen LogP contribution in [0.4, 0.5) is 5.69 Å². The van der Waals surface area contributed by atoms with Gasteiger partial charge in [-0.05, 0) is 30.2 Å². The van der Waals surface area contributed by atoms with Gasteiger partial charge >= 0.3 is 0 Å². The standard InChI is InChI=1S/C18H14N6O3/c1-12-4-2-6-14(8-12)23-17-16(20-21-23)18(25)22(11-19-17)10-13-5-3-7-15(9-13)24(26)27/h2-9,11H,10H2,1H3. The van der Waals surface area contributed by atoms with Crippen molar-refractivity contribution >= 4 is 16.9 Å². The molecule has 0 atom stereocenters. The largest absolute Gasteiger partial charge is 0.293 e. The highest BCUT2D eigenvalue weighted by molar-refractivity contribution is 5.70. The zero-order chi connectivity index (χ0) is 19.0. The van der Waals surface area contributed by atoms with Crippen molar-refractivity contribution in [3.8, 4) is 5.69 Å². The van der Waals surface area contributed by atoms with Crippen LogP contribution < -0.4 is 5.56 Å². The van der Waals surface area contributed by atoms with Gasteiger partial charge in [-0.1, -0.05) is 29.5 Å². The van der Waals surface area contributed by atoms with Crippen molar-refractivity contribution in [2.45, 2.75) is 13.5 Å². The van der Waals surface area contributed by atoms with Crippen LogP contribution in [0.1, 0.15) is 11.1 Å². The predicted octanol–water partition coefficient (Wildman–Crippen LogP) is 2.24. The van der Waals surface area contributed by atoms with Crippen LogP contribution in [0.2, 0.25) is 0 Å². The molecule has 0 aliphatic carbocycles. The van der Waals surface area contributed by atoms with E-state index in [0.717, 1.165) is 11.3 Å². The molecule has 2 aromatic heterocycles. The Kier molecular flexibility index (Phi) is 3.96. The van der Waals surface area contributed by atoms with Crippen LogP contribution in [-0.2, 0) is 6.54 Å². The maximum atomic E-state index is 12.7. The molecule has 0 aliphatic rings. The second-order valence-corrected chi connectivity index (χ2v) is 6.12. The number of aryl methyl sites for hydroxylation is 1. The summed E-state index contributed by atoms with van der Waals surface area (Å²) in [5.41, 5.74) is 2.56. The summed E-state index contributed by atoms with van der Waals surface area (Å²) in [5, 5.41) is 18.9. The van der Waals surface area contributed by atoms with Gasteiger partial charge in [-0.3, -0.25) is 19.5 Å². The van der Waals surface area contributed by atoms with E-state index in [1.165, 1.54) is 27.7 Å². The van der Waals surface area contributed by atoms with Gasteiger partial charge in [0.2, 0.25) is 0 Å². The molecule has 0 bridgehead atoms. The number of hydrogen-bond donors (Lipinski definition) is 0. The van der Waals surface area contributed by atoms with E-state index in [-0.39, 0.29) is 23.3 Å². The lowest BCUT2D eigenvalue weighted by atomic mass is 10.2. The molecule has 4 rings (SSSR count). The summed E-state index contributed by atoms with van der Waals surface area (Å²) in [5.74, 6) is 0. The lowest BCUT2D eigenvalue weighted by Gasteiger charge is -2.06. The van der Waals surface area contributed by atoms with Crippen LogP contribution in [-0.4, -0.2) is 29.5 Å². The molecule has 0 N–H and O–H groups in total. The predicted molar refractivity (Wildman–Crippen MR) is 97.9 cm³/mol. The van der Waals surface area contributed by atoms with Gasteiger partial charge in [0.1, 0.15) is 6.33 Å². The van der Waals surface area contributed by atoms with E-state index in [1.54, 1.807) is 12.1 Å². The molecule has 0 radical (unpaired) electrons. The molecule has 9 heteroatoms. The van der Waals surface area contributed by atoms with Crippen molar-refractivity contribution in [3.63, 3.8) is 0 Å². The van der Waals surface area contributed by atoms with Crippen molar-refractivity contribution in [1.29, 1.82) is 0 Å². The molecule has 0 spiro atoms. The first-order chi connectivity index (χ1) is 13.0. The molecule has 0 unspecified atom stereocenters. The van der Waals surface area contributed by atoms with E-state index >= 15 is 0 Å². The Labute approximate surface area is 152 Å². The Morgan fingerprint density at radius 1 is 1.15 bits per heavy atom. The number of nitro groups is 1. The molecule has 0 saturated heterocycles. The van der Waals surface area contributed by atoms with Crippen LogP contribution in [0.3, 0.4) is 0 Å². The second-order valence-electron chi connectivity index (χ2n) is 6.12. The highest BCUT2D eigenvalue weighted by Crippen LogP contribution is 2.15. The Morgan fingerprint density at radius 3 is 2.74 bits per heavy atom. The Balaban J connectivity index is 1.75. The van der Waals surface area contributed by atoms with Gasteiger partial charge < -0.3 is 0 Å². The van der Waals surface area contributed by atoms with Gasteiger partial charge in [0.25, 0.3) is 11.2 Å². The summed E-state index contributed by atoms with van der Waals surface area (Å²) < 4.78 is 2.87. The summed E-state index contributed by atoms with van der Waals surface area (Å²) >= 11 is 0. The third-order valence-electron chi connectivity index (χ3n) is 4.15. The molecule has 0 amide bonds. The lowest BCUT2D eigenvalue weighted by Crippen LogP contribution is -2.21. The maximum absolute atomic E-state index is 12.7. The van der Waals surface area contributed by atoms with Gasteiger partial charge in [0.15, 0.2) is 11.2 Å². The Hall–Kier alpha value is -3.88. The molecule has 27 heavy (non-hydrogen) atoms. The number of benzene rings is 2. The Bertz CT molecular complexity index is 1230. The topological polar surface area (TPSA) is 109 Å². The van der Waals surface area contributed by atoms with Crippen LogP contribution in [0.25, 0.3) is 16.9 Å². The quantitative estimate of drug-likeness (QED) is 0.407. The van der Waals surface area contributed by atoms with Gasteiger partial charge in [-0.2, -0.15) is 4.68 Å². The maximum Gasteiger partial charge on any atom is 0.283 e. The number of aromatic nitrogens is 5. The van der Waals surface area contributed by atoms with Crippen molar-refractivity contribution in [1.82, 2.24) is 24.5 Å². The first kappa shape index (κ1) is 16.6. The normalized spacial score (nSPS) is 11.0. The molecule has 134 valence electrons. The molecule has 0 fully saturated rings. The number of rotatable bonds is 4. The van der Waals surface area contributed by atoms with Crippen molar-refractivity contribution in [2.24, 2.45) is 0 Å². The van der Waals surface area contributed by atoms with Crippen LogP contribution in [0.15, 0.2) is 59.7 Å². The van der Waals surface area contributed by atoms with Crippen LogP contribution >= 0.6 is 0 Å². The second kappa shape index (κ2) is 6.45. The smallest absolute Gasteiger partial charge is 0.283 e. The fourth-order valence-electron chi connectivity index (χ4n) is 2.86. The molecule has 0 aliphatic heterocycles. The molecular formula is C18H14N6O3. The van der Waals surface area contributed by atoms with E-state index in [0.29, 0.717) is 11.2 Å². The first-order valence-electron chi connectivity index (χ1n) is 8.14. The van der Waals surface area contributed by atoms with Crippen molar-refractivity contribution in [2.75, 3.05) is 0 Å². The number of fused-ring (bicyclic) bond motifs is 1. The van der Waals surface area contributed by atoms with Gasteiger partial charge in [-0.15, -0.1) is 5.10 Å². The van der Waals surface area contributed by atoms with Crippen LogP contribution in [0.5, 0.6) is 0 Å².